The van der Waals surface area contributed by atoms with Gasteiger partial charge in [-0.05, 0) is 135 Å². The van der Waals surface area contributed by atoms with Crippen LogP contribution in [0.4, 0.5) is 17.3 Å². The van der Waals surface area contributed by atoms with Crippen LogP contribution in [0.15, 0.2) is 104 Å². The minimum atomic E-state index is -1.18. The van der Waals surface area contributed by atoms with Gasteiger partial charge in [0.2, 0.25) is 11.9 Å². The molecule has 1 saturated heterocycles. The number of aliphatic carboxylic acids is 2. The van der Waals surface area contributed by atoms with Crippen LogP contribution in [-0.2, 0) is 33.8 Å². The number of allylic oxidation sites excluding steroid dienone is 1. The van der Waals surface area contributed by atoms with E-state index in [0.29, 0.717) is 84.6 Å². The fourth-order valence-corrected chi connectivity index (χ4v) is 11.1. The Morgan fingerprint density at radius 1 is 0.810 bits per heavy atom. The summed E-state index contributed by atoms with van der Waals surface area (Å²) >= 11 is 0. The van der Waals surface area contributed by atoms with Crippen molar-refractivity contribution in [2.24, 2.45) is 0 Å². The predicted molar refractivity (Wildman–Crippen MR) is 308 cm³/mol. The Kier molecular flexibility index (Phi) is 15.2. The van der Waals surface area contributed by atoms with Gasteiger partial charge in [0.25, 0.3) is 5.91 Å². The average molecular weight is 1060 g/mol. The number of nitrogens with one attached hydrogen (secondary N) is 4. The Morgan fingerprint density at radius 2 is 1.57 bits per heavy atom. The lowest BCUT2D eigenvalue weighted by atomic mass is 9.84. The van der Waals surface area contributed by atoms with Crippen molar-refractivity contribution in [3.63, 3.8) is 0 Å². The van der Waals surface area contributed by atoms with Crippen LogP contribution in [0.25, 0.3) is 50.5 Å². The number of carbonyl (C=O) groups is 4. The highest BCUT2D eigenvalue weighted by Crippen LogP contribution is 2.44. The number of aromatic nitrogens is 7. The number of benzene rings is 2. The molecule has 1 fully saturated rings. The summed E-state index contributed by atoms with van der Waals surface area (Å²) in [5, 5.41) is 27.2. The van der Waals surface area contributed by atoms with Crippen molar-refractivity contribution < 1.29 is 29.4 Å². The Labute approximate surface area is 457 Å². The average Bonchev–Trinajstić information content (AvgIpc) is 4.29. The van der Waals surface area contributed by atoms with Gasteiger partial charge in [-0.25, -0.2) is 19.7 Å². The Balaban J connectivity index is 0.891. The van der Waals surface area contributed by atoms with Gasteiger partial charge in [0.05, 0.1) is 34.8 Å². The van der Waals surface area contributed by atoms with Gasteiger partial charge >= 0.3 is 11.9 Å². The molecule has 79 heavy (non-hydrogen) atoms. The maximum Gasteiger partial charge on any atom is 0.338 e. The van der Waals surface area contributed by atoms with Gasteiger partial charge in [-0.2, -0.15) is 0 Å². The van der Waals surface area contributed by atoms with Crippen LogP contribution in [0.2, 0.25) is 0 Å². The van der Waals surface area contributed by atoms with Gasteiger partial charge in [0.15, 0.2) is 0 Å². The number of carbonyl (C=O) groups excluding carboxylic acids is 2. The molecular weight excluding hydrogens is 995 g/mol. The smallest absolute Gasteiger partial charge is 0.338 e. The molecule has 0 saturated carbocycles. The molecule has 8 heterocycles. The largest absolute Gasteiger partial charge is 0.481 e. The van der Waals surface area contributed by atoms with Crippen molar-refractivity contribution in [1.82, 2.24) is 44.7 Å². The number of carboxylic acids is 2. The first-order chi connectivity index (χ1) is 38.1. The van der Waals surface area contributed by atoms with Crippen molar-refractivity contribution in [2.45, 2.75) is 85.6 Å². The monoisotopic (exact) mass is 1060 g/mol. The Morgan fingerprint density at radius 3 is 2.28 bits per heavy atom. The van der Waals surface area contributed by atoms with Crippen molar-refractivity contribution in [3.8, 4) is 11.3 Å². The standard InChI is InChI=1S/C62H63N11O6/c1-8-43-35(4)49-29-51-37(6)45(18-19-56(75)76)58(68-51)46(59-57(61(78)79)38(7)52(69-59)31-54-44(9-2)36(5)50(67-54)30-53(43)66-49)28-55(74)73-25-23-72(24-26-73)33-39-13-15-40(16-14-39)60(77)65-42-17-12-34(3)48(27-42)71-62-64-22-20-47(70-62)41-11-10-21-63-32-41/h8,10-17,20-22,27,29-32,37,45,66-67H,1,9,18-19,23-26,28,33H2,2-7H3,(H,65,77)(H,75,76)(H,78,79)(H,64,70,71)/t37-,45-/m0/s1. The van der Waals surface area contributed by atoms with Gasteiger partial charge in [0, 0.05) is 131 Å². The van der Waals surface area contributed by atoms with E-state index in [4.69, 9.17) is 9.97 Å². The van der Waals surface area contributed by atoms with E-state index in [-0.39, 0.29) is 48.3 Å². The molecule has 2 aromatic carbocycles. The molecule has 8 bridgehead atoms. The number of aryl methyl sites for hydroxylation is 4. The van der Waals surface area contributed by atoms with E-state index in [1.54, 1.807) is 42.5 Å². The lowest BCUT2D eigenvalue weighted by Crippen LogP contribution is -2.48. The first-order valence-electron chi connectivity index (χ1n) is 26.6. The summed E-state index contributed by atoms with van der Waals surface area (Å²) in [6, 6.07) is 24.6. The molecule has 6 N–H and O–H groups in total. The van der Waals surface area contributed by atoms with Crippen LogP contribution < -0.4 is 10.6 Å². The number of nitrogens with zero attached hydrogens (tertiary/aromatic N) is 7. The van der Waals surface area contributed by atoms with Crippen molar-refractivity contribution >= 4 is 80.4 Å². The van der Waals surface area contributed by atoms with Crippen LogP contribution in [-0.4, -0.2) is 105 Å². The van der Waals surface area contributed by atoms with Gasteiger partial charge in [-0.15, -0.1) is 0 Å². The topological polar surface area (TPSA) is 235 Å². The van der Waals surface area contributed by atoms with Crippen LogP contribution in [0.5, 0.6) is 0 Å². The number of amides is 2. The molecule has 0 radical (unpaired) electrons. The summed E-state index contributed by atoms with van der Waals surface area (Å²) in [6.45, 7) is 18.6. The molecule has 402 valence electrons. The normalized spacial score (nSPS) is 15.5. The van der Waals surface area contributed by atoms with E-state index >= 15 is 0 Å². The Bertz CT molecular complexity index is 3780. The summed E-state index contributed by atoms with van der Waals surface area (Å²) in [6.07, 6.45) is 7.55. The third-order valence-corrected chi connectivity index (χ3v) is 15.6. The molecule has 3 aliphatic rings. The number of hydrogen-bond donors (Lipinski definition) is 6. The summed E-state index contributed by atoms with van der Waals surface area (Å²) < 4.78 is 0. The first-order valence-corrected chi connectivity index (χ1v) is 26.6. The number of hydrogen-bond acceptors (Lipinski definition) is 11. The van der Waals surface area contributed by atoms with Gasteiger partial charge in [-0.3, -0.25) is 29.3 Å². The Hall–Kier alpha value is -9.09. The summed E-state index contributed by atoms with van der Waals surface area (Å²) in [4.78, 5) is 88.7. The quantitative estimate of drug-likeness (QED) is 0.0561. The fraction of sp³-hybridized carbons (Fsp3) is 0.274. The number of anilines is 3. The molecule has 5 aromatic heterocycles. The number of fused-ring (bicyclic) bond motifs is 8. The molecule has 2 amide bonds. The minimum Gasteiger partial charge on any atom is -0.481 e. The minimum absolute atomic E-state index is 0.0167. The summed E-state index contributed by atoms with van der Waals surface area (Å²) in [7, 11) is 0. The van der Waals surface area contributed by atoms with Crippen molar-refractivity contribution in [3.05, 3.63) is 171 Å². The lowest BCUT2D eigenvalue weighted by Gasteiger charge is -2.35. The molecule has 10 rings (SSSR count). The van der Waals surface area contributed by atoms with E-state index in [0.717, 1.165) is 72.4 Å². The fourth-order valence-electron chi connectivity index (χ4n) is 11.1. The number of piperazine rings is 1. The highest BCUT2D eigenvalue weighted by molar-refractivity contribution is 6.24. The van der Waals surface area contributed by atoms with E-state index < -0.39 is 17.9 Å². The zero-order chi connectivity index (χ0) is 55.6. The molecule has 17 nitrogen and oxygen atoms in total. The molecule has 3 aliphatic heterocycles. The highest BCUT2D eigenvalue weighted by atomic mass is 16.4. The second-order valence-corrected chi connectivity index (χ2v) is 20.6. The number of rotatable bonds is 15. The van der Waals surface area contributed by atoms with Crippen LogP contribution in [0, 0.1) is 20.8 Å². The summed E-state index contributed by atoms with van der Waals surface area (Å²) in [5.41, 5.74) is 15.4. The van der Waals surface area contributed by atoms with E-state index in [1.165, 1.54) is 0 Å². The highest BCUT2D eigenvalue weighted by Gasteiger charge is 2.36. The first kappa shape index (κ1) is 53.3. The number of H-pyrrole nitrogens is 2. The second-order valence-electron chi connectivity index (χ2n) is 20.6. The van der Waals surface area contributed by atoms with E-state index in [9.17, 15) is 29.4 Å². The maximum absolute atomic E-state index is 14.8. The van der Waals surface area contributed by atoms with E-state index in [2.05, 4.69) is 66.9 Å². The molecule has 0 spiro atoms. The zero-order valence-corrected chi connectivity index (χ0v) is 45.2. The number of aromatic amines is 2. The predicted octanol–water partition coefficient (Wildman–Crippen LogP) is 10.9. The molecule has 0 aliphatic carbocycles. The second kappa shape index (κ2) is 22.5. The summed E-state index contributed by atoms with van der Waals surface area (Å²) in [5.74, 6) is -2.94. The van der Waals surface area contributed by atoms with Crippen molar-refractivity contribution in [2.75, 3.05) is 36.8 Å². The third kappa shape index (κ3) is 11.1. The van der Waals surface area contributed by atoms with Crippen LogP contribution in [0.3, 0.4) is 0 Å². The van der Waals surface area contributed by atoms with Crippen LogP contribution >= 0.6 is 0 Å². The molecule has 7 aromatic rings. The molecule has 2 atom stereocenters. The van der Waals surface area contributed by atoms with Crippen molar-refractivity contribution in [1.29, 1.82) is 0 Å². The molecular formula is C62H63N11O6. The number of pyridine rings is 1. The van der Waals surface area contributed by atoms with Gasteiger partial charge < -0.3 is 35.7 Å². The third-order valence-electron chi connectivity index (χ3n) is 15.6. The maximum atomic E-state index is 14.8. The number of carboxylic acid groups (broad SMARTS) is 2. The molecule has 17 heteroatoms. The van der Waals surface area contributed by atoms with Gasteiger partial charge in [0.1, 0.15) is 0 Å². The zero-order valence-electron chi connectivity index (χ0n) is 45.2. The van der Waals surface area contributed by atoms with E-state index in [1.807, 2.05) is 87.5 Å². The van der Waals surface area contributed by atoms with Crippen LogP contribution in [0.1, 0.15) is 118 Å². The van der Waals surface area contributed by atoms with Gasteiger partial charge in [-0.1, -0.05) is 44.7 Å². The molecule has 0 unspecified atom stereocenters. The lowest BCUT2D eigenvalue weighted by molar-refractivity contribution is -0.137. The SMILES string of the molecule is C=Cc1c(C)c2cc3nc(c(CC(=O)N4CCN(Cc5ccc(C(=O)Nc6ccc(C)c(Nc7nccc(-c8cccnc8)n7)c6)cc5)CC4)c4nc(cc5[nH]c(cc1[nH]2)c(C)c5CC)C(C)=C4C(=O)O)[C@@H](CCC(=O)O)[C@@H]3C.